The number of ether oxygens (including phenoxy) is 1. The van der Waals surface area contributed by atoms with Crippen LogP contribution in [0.4, 0.5) is 5.69 Å². The van der Waals surface area contributed by atoms with E-state index in [0.717, 1.165) is 43.5 Å². The summed E-state index contributed by atoms with van der Waals surface area (Å²) in [5.41, 5.74) is -0.247. The van der Waals surface area contributed by atoms with Crippen molar-refractivity contribution in [1.29, 1.82) is 0 Å². The first-order valence-corrected chi connectivity index (χ1v) is 10.0. The highest BCUT2D eigenvalue weighted by molar-refractivity contribution is 7.99. The van der Waals surface area contributed by atoms with Gasteiger partial charge in [-0.2, -0.15) is 0 Å². The van der Waals surface area contributed by atoms with Gasteiger partial charge in [0, 0.05) is 19.2 Å². The molecule has 0 radical (unpaired) electrons. The van der Waals surface area contributed by atoms with Crippen LogP contribution in [0.15, 0.2) is 34.6 Å². The van der Waals surface area contributed by atoms with Crippen LogP contribution in [0.3, 0.4) is 0 Å². The Morgan fingerprint density at radius 3 is 2.76 bits per heavy atom. The number of carbonyl (C=O) groups excluding carboxylic acids is 2. The zero-order chi connectivity index (χ0) is 20.8. The van der Waals surface area contributed by atoms with Crippen molar-refractivity contribution in [3.05, 3.63) is 40.2 Å². The second-order valence-electron chi connectivity index (χ2n) is 6.74. The maximum absolute atomic E-state index is 12.2. The van der Waals surface area contributed by atoms with Gasteiger partial charge >= 0.3 is 5.97 Å². The van der Waals surface area contributed by atoms with Crippen LogP contribution in [0.1, 0.15) is 42.5 Å². The number of nitrogens with one attached hydrogen (secondary N) is 1. The van der Waals surface area contributed by atoms with Crippen molar-refractivity contribution in [2.45, 2.75) is 48.2 Å². The largest absolute Gasteiger partial charge is 0.452 e. The number of nitro groups is 1. The molecule has 1 N–H and O–H groups in total. The summed E-state index contributed by atoms with van der Waals surface area (Å²) in [6, 6.07) is 4.14. The molecule has 1 heterocycles. The van der Waals surface area contributed by atoms with Crippen molar-refractivity contribution in [3.63, 3.8) is 0 Å². The predicted octanol–water partition coefficient (Wildman–Crippen LogP) is 2.48. The van der Waals surface area contributed by atoms with Crippen molar-refractivity contribution >= 4 is 29.3 Å². The topological polar surface area (TPSA) is 129 Å². The molecule has 3 rings (SSSR count). The fourth-order valence-corrected chi connectivity index (χ4v) is 3.92. The van der Waals surface area contributed by atoms with Crippen molar-refractivity contribution in [3.8, 4) is 0 Å². The van der Waals surface area contributed by atoms with Crippen molar-refractivity contribution < 1.29 is 19.2 Å². The van der Waals surface area contributed by atoms with E-state index in [1.807, 2.05) is 0 Å². The zero-order valence-electron chi connectivity index (χ0n) is 15.9. The monoisotopic (exact) mass is 419 g/mol. The summed E-state index contributed by atoms with van der Waals surface area (Å²) in [5.74, 6) is -1.16. The molecule has 0 aliphatic heterocycles. The van der Waals surface area contributed by atoms with Gasteiger partial charge in [0.25, 0.3) is 11.6 Å². The Kier molecular flexibility index (Phi) is 6.81. The van der Waals surface area contributed by atoms with Gasteiger partial charge in [-0.3, -0.25) is 14.9 Å². The first kappa shape index (κ1) is 20.8. The normalized spacial score (nSPS) is 14.4. The van der Waals surface area contributed by atoms with E-state index >= 15 is 0 Å². The Bertz CT molecular complexity index is 910. The Morgan fingerprint density at radius 2 is 2.10 bits per heavy atom. The lowest BCUT2D eigenvalue weighted by atomic mass is 9.95. The lowest BCUT2D eigenvalue weighted by Crippen LogP contribution is -2.38. The Labute approximate surface area is 171 Å². The first-order chi connectivity index (χ1) is 13.9. The van der Waals surface area contributed by atoms with Crippen LogP contribution < -0.4 is 5.32 Å². The highest BCUT2D eigenvalue weighted by Crippen LogP contribution is 2.34. The smallest absolute Gasteiger partial charge is 0.338 e. The third kappa shape index (κ3) is 5.53. The van der Waals surface area contributed by atoms with Crippen molar-refractivity contribution in [1.82, 2.24) is 20.1 Å². The van der Waals surface area contributed by atoms with Crippen molar-refractivity contribution in [2.24, 2.45) is 7.05 Å². The van der Waals surface area contributed by atoms with Gasteiger partial charge in [-0.25, -0.2) is 4.79 Å². The summed E-state index contributed by atoms with van der Waals surface area (Å²) in [7, 11) is 1.72. The maximum atomic E-state index is 12.2. The fourth-order valence-electron chi connectivity index (χ4n) is 3.07. The number of hydrogen-bond acceptors (Lipinski definition) is 8. The van der Waals surface area contributed by atoms with Crippen LogP contribution in [0.5, 0.6) is 0 Å². The second kappa shape index (κ2) is 9.50. The number of nitrogens with zero attached hydrogens (tertiary/aromatic N) is 4. The molecule has 11 heteroatoms. The molecule has 1 aromatic carbocycles. The van der Waals surface area contributed by atoms with Crippen LogP contribution in [-0.4, -0.2) is 44.2 Å². The molecule has 2 aromatic rings. The molecule has 0 bridgehead atoms. The minimum Gasteiger partial charge on any atom is -0.452 e. The molecule has 0 unspecified atom stereocenters. The molecule has 0 spiro atoms. The molecular weight excluding hydrogens is 398 g/mol. The van der Waals surface area contributed by atoms with Crippen LogP contribution in [0.2, 0.25) is 0 Å². The zero-order valence-corrected chi connectivity index (χ0v) is 16.7. The Hall–Kier alpha value is -2.95. The summed E-state index contributed by atoms with van der Waals surface area (Å²) < 4.78 is 6.65. The highest BCUT2D eigenvalue weighted by atomic mass is 32.2. The number of nitro benzene ring substituents is 1. The summed E-state index contributed by atoms with van der Waals surface area (Å²) in [5, 5.41) is 22.4. The van der Waals surface area contributed by atoms with Crippen LogP contribution in [-0.2, 0) is 16.6 Å². The van der Waals surface area contributed by atoms with E-state index in [0.29, 0.717) is 10.1 Å². The first-order valence-electron chi connectivity index (χ1n) is 9.21. The molecule has 10 nitrogen and oxygen atoms in total. The molecule has 1 saturated carbocycles. The molecule has 1 fully saturated rings. The second-order valence-corrected chi connectivity index (χ2v) is 7.75. The molecule has 0 saturated heterocycles. The summed E-state index contributed by atoms with van der Waals surface area (Å²) in [6.07, 6.45) is 6.66. The van der Waals surface area contributed by atoms with Gasteiger partial charge in [0.05, 0.1) is 15.4 Å². The van der Waals surface area contributed by atoms with Gasteiger partial charge in [-0.15, -0.1) is 10.2 Å². The molecule has 29 heavy (non-hydrogen) atoms. The van der Waals surface area contributed by atoms with Gasteiger partial charge in [0.1, 0.15) is 6.33 Å². The van der Waals surface area contributed by atoms with Gasteiger partial charge in [-0.05, 0) is 36.7 Å². The lowest BCUT2D eigenvalue weighted by molar-refractivity contribution is -0.387. The number of benzene rings is 1. The molecule has 1 amide bonds. The van der Waals surface area contributed by atoms with E-state index < -0.39 is 17.5 Å². The standard InChI is InChI=1S/C18H21N5O5S/c1-22-11-19-21-18(22)29-15-8-7-12(9-14(15)23(26)27)17(25)28-10-16(24)20-13-5-3-2-4-6-13/h7-9,11,13H,2-6,10H2,1H3,(H,20,24). The summed E-state index contributed by atoms with van der Waals surface area (Å²) in [6.45, 7) is -0.418. The number of rotatable bonds is 7. The Morgan fingerprint density at radius 1 is 1.34 bits per heavy atom. The van der Waals surface area contributed by atoms with E-state index in [-0.39, 0.29) is 23.2 Å². The molecular formula is C18H21N5O5S. The van der Waals surface area contributed by atoms with E-state index in [1.54, 1.807) is 11.6 Å². The molecule has 1 aliphatic rings. The summed E-state index contributed by atoms with van der Waals surface area (Å²) >= 11 is 1.07. The lowest BCUT2D eigenvalue weighted by Gasteiger charge is -2.22. The number of aromatic nitrogens is 3. The number of hydrogen-bond donors (Lipinski definition) is 1. The van der Waals surface area contributed by atoms with Gasteiger partial charge < -0.3 is 14.6 Å². The highest BCUT2D eigenvalue weighted by Gasteiger charge is 2.22. The number of amides is 1. The molecule has 1 aliphatic carbocycles. The fraction of sp³-hybridized carbons (Fsp3) is 0.444. The predicted molar refractivity (Wildman–Crippen MR) is 104 cm³/mol. The van der Waals surface area contributed by atoms with Crippen molar-refractivity contribution in [2.75, 3.05) is 6.61 Å². The summed E-state index contributed by atoms with van der Waals surface area (Å²) in [4.78, 5) is 35.4. The van der Waals surface area contributed by atoms with Gasteiger partial charge in [-0.1, -0.05) is 19.3 Å². The van der Waals surface area contributed by atoms with Gasteiger partial charge in [0.2, 0.25) is 0 Å². The van der Waals surface area contributed by atoms with Crippen LogP contribution in [0.25, 0.3) is 0 Å². The van der Waals surface area contributed by atoms with E-state index in [1.165, 1.54) is 24.9 Å². The average Bonchev–Trinajstić information content (AvgIpc) is 3.11. The van der Waals surface area contributed by atoms with Gasteiger partial charge in [0.15, 0.2) is 11.8 Å². The minimum atomic E-state index is -0.790. The SMILES string of the molecule is Cn1cnnc1Sc1ccc(C(=O)OCC(=O)NC2CCCCC2)cc1[N+](=O)[O-]. The quantitative estimate of drug-likeness (QED) is 0.412. The number of esters is 1. The molecule has 1 aromatic heterocycles. The third-order valence-corrected chi connectivity index (χ3v) is 5.68. The van der Waals surface area contributed by atoms with Crippen LogP contribution >= 0.6 is 11.8 Å². The molecule has 0 atom stereocenters. The van der Waals surface area contributed by atoms with E-state index in [4.69, 9.17) is 4.74 Å². The Balaban J connectivity index is 1.62. The third-order valence-electron chi connectivity index (χ3n) is 4.57. The maximum Gasteiger partial charge on any atom is 0.338 e. The van der Waals surface area contributed by atoms with E-state index in [2.05, 4.69) is 15.5 Å². The number of aryl methyl sites for hydroxylation is 1. The van der Waals surface area contributed by atoms with E-state index in [9.17, 15) is 19.7 Å². The van der Waals surface area contributed by atoms with Crippen LogP contribution in [0, 0.1) is 10.1 Å². The number of carbonyl (C=O) groups is 2. The minimum absolute atomic E-state index is 0.00415. The molecule has 154 valence electrons. The average molecular weight is 419 g/mol.